The van der Waals surface area contributed by atoms with E-state index in [1.54, 1.807) is 0 Å². The molecule has 2 rings (SSSR count). The molecule has 0 aliphatic heterocycles. The molecule has 0 atom stereocenters. The number of rotatable bonds is 3. The summed E-state index contributed by atoms with van der Waals surface area (Å²) in [7, 11) is 1.86. The minimum atomic E-state index is -0.0591. The van der Waals surface area contributed by atoms with Crippen molar-refractivity contribution in [1.82, 2.24) is 9.97 Å². The molecule has 0 aliphatic carbocycles. The van der Waals surface area contributed by atoms with Crippen molar-refractivity contribution in [2.75, 3.05) is 12.4 Å². The van der Waals surface area contributed by atoms with Crippen LogP contribution in [0.15, 0.2) is 28.7 Å². The van der Waals surface area contributed by atoms with Gasteiger partial charge < -0.3 is 5.32 Å². The van der Waals surface area contributed by atoms with E-state index in [1.807, 2.05) is 31.3 Å². The molecule has 1 aromatic carbocycles. The summed E-state index contributed by atoms with van der Waals surface area (Å²) in [5.74, 6) is 1.60. The van der Waals surface area contributed by atoms with Gasteiger partial charge in [-0.25, -0.2) is 9.97 Å². The Morgan fingerprint density at radius 2 is 1.95 bits per heavy atom. The predicted molar refractivity (Wildman–Crippen MR) is 92.2 cm³/mol. The van der Waals surface area contributed by atoms with Crippen molar-refractivity contribution in [3.63, 3.8) is 0 Å². The molecule has 0 fully saturated rings. The van der Waals surface area contributed by atoms with Gasteiger partial charge >= 0.3 is 0 Å². The van der Waals surface area contributed by atoms with Crippen LogP contribution in [0.2, 0.25) is 5.02 Å². The largest absolute Gasteiger partial charge is 0.372 e. The first-order valence-corrected chi connectivity index (χ1v) is 7.97. The highest BCUT2D eigenvalue weighted by molar-refractivity contribution is 9.10. The predicted octanol–water partition coefficient (Wildman–Crippen LogP) is 4.82. The van der Waals surface area contributed by atoms with Crippen molar-refractivity contribution in [2.45, 2.75) is 32.6 Å². The molecule has 3 nitrogen and oxygen atoms in total. The van der Waals surface area contributed by atoms with Crippen LogP contribution >= 0.6 is 27.5 Å². The summed E-state index contributed by atoms with van der Waals surface area (Å²) in [4.78, 5) is 9.31. The van der Waals surface area contributed by atoms with Crippen molar-refractivity contribution in [1.29, 1.82) is 0 Å². The van der Waals surface area contributed by atoms with Crippen molar-refractivity contribution < 1.29 is 0 Å². The smallest absolute Gasteiger partial charge is 0.144 e. The number of hydrogen-bond donors (Lipinski definition) is 1. The van der Waals surface area contributed by atoms with E-state index in [0.717, 1.165) is 32.4 Å². The van der Waals surface area contributed by atoms with Gasteiger partial charge in [0.1, 0.15) is 11.6 Å². The Kier molecular flexibility index (Phi) is 4.89. The molecule has 21 heavy (non-hydrogen) atoms. The normalized spacial score (nSPS) is 11.5. The van der Waals surface area contributed by atoms with E-state index >= 15 is 0 Å². The molecule has 0 unspecified atom stereocenters. The van der Waals surface area contributed by atoms with Crippen molar-refractivity contribution in [3.05, 3.63) is 50.8 Å². The Balaban J connectivity index is 2.45. The zero-order valence-electron chi connectivity index (χ0n) is 12.7. The van der Waals surface area contributed by atoms with Crippen molar-refractivity contribution in [3.8, 4) is 0 Å². The van der Waals surface area contributed by atoms with Gasteiger partial charge in [0.05, 0.1) is 10.2 Å². The lowest BCUT2D eigenvalue weighted by atomic mass is 9.91. The average Bonchev–Trinajstić information content (AvgIpc) is 2.39. The van der Waals surface area contributed by atoms with Crippen LogP contribution in [0, 0.1) is 0 Å². The quantitative estimate of drug-likeness (QED) is 0.844. The molecular weight excluding hydrogens is 350 g/mol. The molecule has 0 saturated heterocycles. The Hall–Kier alpha value is -1.13. The summed E-state index contributed by atoms with van der Waals surface area (Å²) in [6.07, 6.45) is 0.658. The van der Waals surface area contributed by atoms with Crippen LogP contribution in [0.5, 0.6) is 0 Å². The first-order chi connectivity index (χ1) is 9.81. The van der Waals surface area contributed by atoms with E-state index < -0.39 is 0 Å². The average molecular weight is 369 g/mol. The molecule has 0 saturated carbocycles. The van der Waals surface area contributed by atoms with E-state index in [4.69, 9.17) is 16.6 Å². The first-order valence-electron chi connectivity index (χ1n) is 6.80. The van der Waals surface area contributed by atoms with Gasteiger partial charge in [-0.3, -0.25) is 0 Å². The number of nitrogens with zero attached hydrogens (tertiary/aromatic N) is 2. The van der Waals surface area contributed by atoms with Gasteiger partial charge in [0, 0.05) is 23.9 Å². The molecule has 0 spiro atoms. The topological polar surface area (TPSA) is 37.8 Å². The van der Waals surface area contributed by atoms with Crippen LogP contribution in [-0.4, -0.2) is 17.0 Å². The van der Waals surface area contributed by atoms with Crippen molar-refractivity contribution in [2.24, 2.45) is 0 Å². The third-order valence-corrected chi connectivity index (χ3v) is 4.08. The molecule has 0 bridgehead atoms. The van der Waals surface area contributed by atoms with Gasteiger partial charge in [-0.2, -0.15) is 0 Å². The summed E-state index contributed by atoms with van der Waals surface area (Å²) >= 11 is 9.64. The zero-order chi connectivity index (χ0) is 15.6. The Morgan fingerprint density at radius 1 is 1.24 bits per heavy atom. The van der Waals surface area contributed by atoms with E-state index in [1.165, 1.54) is 0 Å². The number of halogens is 2. The van der Waals surface area contributed by atoms with Crippen LogP contribution in [-0.2, 0) is 11.8 Å². The molecule has 0 amide bonds. The van der Waals surface area contributed by atoms with Crippen LogP contribution in [0.25, 0.3) is 0 Å². The molecule has 1 N–H and O–H groups in total. The maximum absolute atomic E-state index is 6.04. The summed E-state index contributed by atoms with van der Waals surface area (Å²) in [6, 6.07) is 7.79. The molecule has 112 valence electrons. The van der Waals surface area contributed by atoms with Gasteiger partial charge in [-0.15, -0.1) is 0 Å². The molecule has 1 aromatic heterocycles. The van der Waals surface area contributed by atoms with Gasteiger partial charge in [-0.05, 0) is 33.6 Å². The maximum Gasteiger partial charge on any atom is 0.144 e. The SMILES string of the molecule is CNc1nc(Cc2cccc(Cl)c2)nc(C(C)(C)C)c1Br. The molecular formula is C16H19BrClN3. The lowest BCUT2D eigenvalue weighted by Gasteiger charge is -2.21. The Bertz CT molecular complexity index is 650. The fourth-order valence-electron chi connectivity index (χ4n) is 2.06. The number of anilines is 1. The zero-order valence-corrected chi connectivity index (χ0v) is 15.0. The highest BCUT2D eigenvalue weighted by Crippen LogP contribution is 2.32. The number of benzene rings is 1. The maximum atomic E-state index is 6.04. The fourth-order valence-corrected chi connectivity index (χ4v) is 3.25. The number of aromatic nitrogens is 2. The minimum Gasteiger partial charge on any atom is -0.372 e. The Labute approximate surface area is 139 Å². The van der Waals surface area contributed by atoms with Crippen LogP contribution < -0.4 is 5.32 Å². The van der Waals surface area contributed by atoms with Gasteiger partial charge in [0.15, 0.2) is 0 Å². The molecule has 1 heterocycles. The summed E-state index contributed by atoms with van der Waals surface area (Å²) in [5.41, 5.74) is 2.04. The van der Waals surface area contributed by atoms with E-state index in [-0.39, 0.29) is 5.41 Å². The lowest BCUT2D eigenvalue weighted by Crippen LogP contribution is -2.18. The van der Waals surface area contributed by atoms with Crippen LogP contribution in [0.1, 0.15) is 37.9 Å². The van der Waals surface area contributed by atoms with Gasteiger partial charge in [-0.1, -0.05) is 44.5 Å². The van der Waals surface area contributed by atoms with Gasteiger partial charge in [0.25, 0.3) is 0 Å². The monoisotopic (exact) mass is 367 g/mol. The molecule has 0 radical (unpaired) electrons. The second-order valence-electron chi connectivity index (χ2n) is 5.96. The molecule has 5 heteroatoms. The summed E-state index contributed by atoms with van der Waals surface area (Å²) < 4.78 is 0.923. The van der Waals surface area contributed by atoms with Gasteiger partial charge in [0.2, 0.25) is 0 Å². The van der Waals surface area contributed by atoms with E-state index in [2.05, 4.69) is 47.0 Å². The lowest BCUT2D eigenvalue weighted by molar-refractivity contribution is 0.559. The number of hydrogen-bond acceptors (Lipinski definition) is 3. The third kappa shape index (κ3) is 3.95. The van der Waals surface area contributed by atoms with E-state index in [0.29, 0.717) is 6.42 Å². The minimum absolute atomic E-state index is 0.0591. The molecule has 2 aromatic rings. The Morgan fingerprint density at radius 3 is 2.52 bits per heavy atom. The second kappa shape index (κ2) is 6.32. The fraction of sp³-hybridized carbons (Fsp3) is 0.375. The highest BCUT2D eigenvalue weighted by atomic mass is 79.9. The first kappa shape index (κ1) is 16.2. The third-order valence-electron chi connectivity index (χ3n) is 3.10. The second-order valence-corrected chi connectivity index (χ2v) is 7.19. The van der Waals surface area contributed by atoms with Crippen LogP contribution in [0.4, 0.5) is 5.82 Å². The highest BCUT2D eigenvalue weighted by Gasteiger charge is 2.22. The summed E-state index contributed by atoms with van der Waals surface area (Å²) in [6.45, 7) is 6.42. The number of nitrogens with one attached hydrogen (secondary N) is 1. The summed E-state index contributed by atoms with van der Waals surface area (Å²) in [5, 5.41) is 3.85. The van der Waals surface area contributed by atoms with Crippen LogP contribution in [0.3, 0.4) is 0 Å². The van der Waals surface area contributed by atoms with Crippen molar-refractivity contribution >= 4 is 33.3 Å². The van der Waals surface area contributed by atoms with E-state index in [9.17, 15) is 0 Å². The molecule has 0 aliphatic rings. The standard InChI is InChI=1S/C16H19BrClN3/c1-16(2,3)14-13(17)15(19-4)21-12(20-14)9-10-6-5-7-11(18)8-10/h5-8H,9H2,1-4H3,(H,19,20,21).